The lowest BCUT2D eigenvalue weighted by atomic mass is 9.79. The van der Waals surface area contributed by atoms with Crippen molar-refractivity contribution in [2.24, 2.45) is 0 Å². The number of hydrogen-bond donors (Lipinski definition) is 0. The van der Waals surface area contributed by atoms with Crippen molar-refractivity contribution in [3.05, 3.63) is 338 Å². The summed E-state index contributed by atoms with van der Waals surface area (Å²) in [5.41, 5.74) is 25.2. The van der Waals surface area contributed by atoms with E-state index in [0.29, 0.717) is 34.9 Å². The Hall–Kier alpha value is -12.5. The topological polar surface area (TPSA) is 103 Å². The van der Waals surface area contributed by atoms with E-state index in [2.05, 4.69) is 227 Å². The Morgan fingerprint density at radius 3 is 1.12 bits per heavy atom. The summed E-state index contributed by atoms with van der Waals surface area (Å²) in [6, 6.07) is 104. The van der Waals surface area contributed by atoms with Crippen LogP contribution in [-0.2, 0) is 10.8 Å². The molecule has 0 saturated carbocycles. The third-order valence-corrected chi connectivity index (χ3v) is 19.6. The first kappa shape index (κ1) is 59.2. The highest BCUT2D eigenvalue weighted by atomic mass is 15.0. The standard InChI is InChI=1S/2C45H32N4/c1-45(2)39-27-34(22-24-37(39)38-25-21-30-11-9-10-16-36(30)41(38)45)29-17-19-33(20-18-29)43-47-42(32-14-7-4-8-15-32)48-44(49-43)35-23-26-40(46-28-35)31-12-5-3-6-13-31;1-45(2)39-23-21-32-8-6-7-11-37(32)41(39)38-22-20-36(28-40(38)45)30-14-18-35(19-15-30)44-48-42(33-9-4-3-5-10-33)47-43(49-44)34-16-12-29(13-17-34)31-24-26-46-27-25-31/h2*3-28H,1-2H3. The van der Waals surface area contributed by atoms with Crippen molar-refractivity contribution in [2.45, 2.75) is 38.5 Å². The average Bonchev–Trinajstić information content (AvgIpc) is 1.57. The molecule has 0 radical (unpaired) electrons. The average molecular weight is 1260 g/mol. The highest BCUT2D eigenvalue weighted by Gasteiger charge is 2.38. The Morgan fingerprint density at radius 2 is 0.612 bits per heavy atom. The van der Waals surface area contributed by atoms with Crippen molar-refractivity contribution in [3.8, 4) is 135 Å². The van der Waals surface area contributed by atoms with Crippen LogP contribution in [0.2, 0.25) is 0 Å². The molecule has 98 heavy (non-hydrogen) atoms. The van der Waals surface area contributed by atoms with Crippen molar-refractivity contribution in [2.75, 3.05) is 0 Å². The SMILES string of the molecule is CC1(C)c2cc(-c3ccc(-c4nc(-c5ccccc5)nc(-c5ccc(-c6ccccc6)nc5)n4)cc3)ccc2-c2ccc3ccccc3c21.CC1(C)c2cc(-c3ccc(-c4nc(-c5ccccc5)nc(-c5ccc(-c6ccncc6)cc5)n4)cc3)ccc2-c2c1ccc1ccccc21. The van der Waals surface area contributed by atoms with Crippen molar-refractivity contribution >= 4 is 21.5 Å². The zero-order chi connectivity index (χ0) is 65.9. The molecule has 12 aromatic carbocycles. The Morgan fingerprint density at radius 1 is 0.245 bits per heavy atom. The second-order valence-electron chi connectivity index (χ2n) is 26.3. The highest BCUT2D eigenvalue weighted by Crippen LogP contribution is 2.54. The maximum Gasteiger partial charge on any atom is 0.165 e. The summed E-state index contributed by atoms with van der Waals surface area (Å²) in [7, 11) is 0. The molecule has 0 aliphatic heterocycles. The van der Waals surface area contributed by atoms with Gasteiger partial charge in [0.05, 0.1) is 5.69 Å². The zero-order valence-corrected chi connectivity index (χ0v) is 54.6. The van der Waals surface area contributed by atoms with Crippen LogP contribution in [0.5, 0.6) is 0 Å². The van der Waals surface area contributed by atoms with Crippen molar-refractivity contribution in [1.82, 2.24) is 39.9 Å². The van der Waals surface area contributed by atoms with Crippen LogP contribution in [0.3, 0.4) is 0 Å². The Balaban J connectivity index is 0.000000147. The molecule has 0 saturated heterocycles. The van der Waals surface area contributed by atoms with E-state index in [9.17, 15) is 0 Å². The van der Waals surface area contributed by atoms with Crippen molar-refractivity contribution < 1.29 is 0 Å². The fraction of sp³-hybridized carbons (Fsp3) is 0.0667. The third kappa shape index (κ3) is 10.8. The minimum Gasteiger partial charge on any atom is -0.265 e. The smallest absolute Gasteiger partial charge is 0.165 e. The molecule has 0 unspecified atom stereocenters. The number of nitrogens with zero attached hydrogens (tertiary/aromatic N) is 8. The van der Waals surface area contributed by atoms with Crippen LogP contribution in [0.4, 0.5) is 0 Å². The molecule has 4 heterocycles. The number of aromatic nitrogens is 8. The second-order valence-corrected chi connectivity index (χ2v) is 26.3. The molecule has 0 N–H and O–H groups in total. The summed E-state index contributed by atoms with van der Waals surface area (Å²) in [5.74, 6) is 3.78. The minimum atomic E-state index is -0.106. The van der Waals surface area contributed by atoms with E-state index in [0.717, 1.165) is 66.9 Å². The van der Waals surface area contributed by atoms with Gasteiger partial charge in [0, 0.05) is 68.4 Å². The second kappa shape index (κ2) is 24.4. The van der Waals surface area contributed by atoms with E-state index >= 15 is 0 Å². The summed E-state index contributed by atoms with van der Waals surface area (Å²) in [6.07, 6.45) is 5.46. The van der Waals surface area contributed by atoms with Gasteiger partial charge in [-0.3, -0.25) is 9.97 Å². The molecule has 2 aliphatic carbocycles. The van der Waals surface area contributed by atoms with Gasteiger partial charge >= 0.3 is 0 Å². The first-order valence-electron chi connectivity index (χ1n) is 33.3. The van der Waals surface area contributed by atoms with E-state index in [1.54, 1.807) is 0 Å². The molecule has 2 aliphatic rings. The van der Waals surface area contributed by atoms with Crippen molar-refractivity contribution in [1.29, 1.82) is 0 Å². The third-order valence-electron chi connectivity index (χ3n) is 19.6. The van der Waals surface area contributed by atoms with E-state index in [-0.39, 0.29) is 10.8 Å². The minimum absolute atomic E-state index is 0.0870. The quantitative estimate of drug-likeness (QED) is 0.133. The summed E-state index contributed by atoms with van der Waals surface area (Å²) < 4.78 is 0. The maximum absolute atomic E-state index is 4.99. The number of rotatable bonds is 10. The number of benzene rings is 12. The molecule has 8 heteroatoms. The summed E-state index contributed by atoms with van der Waals surface area (Å²) >= 11 is 0. The molecule has 464 valence electrons. The van der Waals surface area contributed by atoms with E-state index in [1.165, 1.54) is 77.2 Å². The van der Waals surface area contributed by atoms with Crippen LogP contribution in [-0.4, -0.2) is 39.9 Å². The van der Waals surface area contributed by atoms with E-state index in [1.807, 2.05) is 122 Å². The van der Waals surface area contributed by atoms with E-state index in [4.69, 9.17) is 34.9 Å². The highest BCUT2D eigenvalue weighted by molar-refractivity contribution is 6.03. The van der Waals surface area contributed by atoms with Gasteiger partial charge in [0.1, 0.15) is 0 Å². The molecule has 16 aromatic rings. The number of fused-ring (bicyclic) bond motifs is 10. The van der Waals surface area contributed by atoms with Gasteiger partial charge in [0.25, 0.3) is 0 Å². The molecule has 0 fully saturated rings. The van der Waals surface area contributed by atoms with Gasteiger partial charge in [-0.2, -0.15) is 0 Å². The molecule has 4 aromatic heterocycles. The van der Waals surface area contributed by atoms with Crippen LogP contribution in [0.15, 0.2) is 316 Å². The monoisotopic (exact) mass is 1260 g/mol. The normalized spacial score (nSPS) is 12.9. The fourth-order valence-electron chi connectivity index (χ4n) is 14.5. The Kier molecular flexibility index (Phi) is 14.7. The summed E-state index contributed by atoms with van der Waals surface area (Å²) in [6.45, 7) is 9.39. The maximum atomic E-state index is 4.99. The lowest BCUT2D eigenvalue weighted by molar-refractivity contribution is 0.661. The van der Waals surface area contributed by atoms with Crippen LogP contribution in [0.1, 0.15) is 49.9 Å². The first-order valence-corrected chi connectivity index (χ1v) is 33.3. The van der Waals surface area contributed by atoms with E-state index < -0.39 is 0 Å². The number of hydrogen-bond acceptors (Lipinski definition) is 8. The Labute approximate surface area is 569 Å². The van der Waals surface area contributed by atoms with Gasteiger partial charge in [-0.25, -0.2) is 29.9 Å². The first-order chi connectivity index (χ1) is 48.1. The molecule has 0 bridgehead atoms. The van der Waals surface area contributed by atoms with Crippen LogP contribution >= 0.6 is 0 Å². The lowest BCUT2D eigenvalue weighted by Crippen LogP contribution is -2.15. The summed E-state index contributed by atoms with van der Waals surface area (Å²) in [4.78, 5) is 38.5. The van der Waals surface area contributed by atoms with Crippen LogP contribution in [0, 0.1) is 0 Å². The predicted molar refractivity (Wildman–Crippen MR) is 400 cm³/mol. The van der Waals surface area contributed by atoms with Gasteiger partial charge < -0.3 is 0 Å². The molecule has 0 amide bonds. The van der Waals surface area contributed by atoms with Crippen LogP contribution in [0.25, 0.3) is 157 Å². The van der Waals surface area contributed by atoms with Crippen LogP contribution < -0.4 is 0 Å². The molecule has 8 nitrogen and oxygen atoms in total. The van der Waals surface area contributed by atoms with Gasteiger partial charge in [-0.1, -0.05) is 289 Å². The molecule has 18 rings (SSSR count). The van der Waals surface area contributed by atoms with Gasteiger partial charge in [-0.15, -0.1) is 0 Å². The van der Waals surface area contributed by atoms with Gasteiger partial charge in [-0.05, 0) is 136 Å². The predicted octanol–water partition coefficient (Wildman–Crippen LogP) is 22.1. The van der Waals surface area contributed by atoms with Gasteiger partial charge in [0.2, 0.25) is 0 Å². The fourth-order valence-corrected chi connectivity index (χ4v) is 14.5. The molecule has 0 atom stereocenters. The van der Waals surface area contributed by atoms with Crippen molar-refractivity contribution in [3.63, 3.8) is 0 Å². The molecular formula is C90H64N8. The Bertz CT molecular complexity index is 5680. The summed E-state index contributed by atoms with van der Waals surface area (Å²) in [5, 5.41) is 5.22. The zero-order valence-electron chi connectivity index (χ0n) is 54.6. The largest absolute Gasteiger partial charge is 0.265 e. The molecular weight excluding hydrogens is 1190 g/mol. The van der Waals surface area contributed by atoms with Gasteiger partial charge in [0.15, 0.2) is 34.9 Å². The lowest BCUT2D eigenvalue weighted by Gasteiger charge is -2.23. The molecule has 0 spiro atoms. The number of pyridine rings is 2.